The molecule has 27 heavy (non-hydrogen) atoms. The topological polar surface area (TPSA) is 105 Å². The minimum Gasteiger partial charge on any atom is -0.459 e. The quantitative estimate of drug-likeness (QED) is 0.595. The predicted octanol–water partition coefficient (Wildman–Crippen LogP) is 3.57. The molecule has 2 aromatic carbocycles. The third-order valence-corrected chi connectivity index (χ3v) is 3.77. The number of rotatable bonds is 6. The van der Waals surface area contributed by atoms with Crippen molar-refractivity contribution in [3.05, 3.63) is 58.7 Å². The Labute approximate surface area is 159 Å². The Morgan fingerprint density at radius 1 is 0.778 bits per heavy atom. The second-order valence-corrected chi connectivity index (χ2v) is 6.93. The van der Waals surface area contributed by atoms with Crippen molar-refractivity contribution in [3.63, 3.8) is 0 Å². The number of carbonyl (C=O) groups is 2. The van der Waals surface area contributed by atoms with Crippen LogP contribution in [0.3, 0.4) is 0 Å². The summed E-state index contributed by atoms with van der Waals surface area (Å²) in [6.07, 6.45) is 0.0455. The molecule has 0 spiro atoms. The molecule has 144 valence electrons. The van der Waals surface area contributed by atoms with Gasteiger partial charge >= 0.3 is 11.9 Å². The Balaban J connectivity index is 2.27. The van der Waals surface area contributed by atoms with Crippen molar-refractivity contribution in [2.75, 3.05) is 11.5 Å². The zero-order chi connectivity index (χ0) is 20.1. The van der Waals surface area contributed by atoms with Crippen molar-refractivity contribution in [2.24, 2.45) is 0 Å². The van der Waals surface area contributed by atoms with Gasteiger partial charge in [-0.15, -0.1) is 0 Å². The lowest BCUT2D eigenvalue weighted by molar-refractivity contribution is 0.0368. The molecule has 2 aromatic rings. The van der Waals surface area contributed by atoms with Crippen molar-refractivity contribution >= 4 is 23.3 Å². The van der Waals surface area contributed by atoms with Gasteiger partial charge in [0.25, 0.3) is 0 Å². The molecule has 0 aliphatic carbocycles. The molecule has 4 N–H and O–H groups in total. The zero-order valence-corrected chi connectivity index (χ0v) is 16.1. The van der Waals surface area contributed by atoms with E-state index in [2.05, 4.69) is 0 Å². The predicted molar refractivity (Wildman–Crippen MR) is 106 cm³/mol. The van der Waals surface area contributed by atoms with Gasteiger partial charge in [0, 0.05) is 11.4 Å². The first kappa shape index (κ1) is 20.3. The Bertz CT molecular complexity index is 775. The maximum atomic E-state index is 12.2. The van der Waals surface area contributed by atoms with Crippen LogP contribution in [0.25, 0.3) is 0 Å². The van der Waals surface area contributed by atoms with Gasteiger partial charge in [0.15, 0.2) is 0 Å². The standard InChI is InChI=1S/C21H26N2O4/c1-12(2)26-20(24)16-10-14(5-7-18(16)22)9-15-6-8-19(23)17(11-15)21(25)27-13(3)4/h5-8,10-13H,9,22-23H2,1-4H3. The van der Waals surface area contributed by atoms with E-state index >= 15 is 0 Å². The second-order valence-electron chi connectivity index (χ2n) is 6.93. The summed E-state index contributed by atoms with van der Waals surface area (Å²) in [6.45, 7) is 7.13. The van der Waals surface area contributed by atoms with E-state index in [-0.39, 0.29) is 12.2 Å². The van der Waals surface area contributed by atoms with Crippen molar-refractivity contribution in [1.29, 1.82) is 0 Å². The minimum atomic E-state index is -0.456. The van der Waals surface area contributed by atoms with Gasteiger partial charge < -0.3 is 20.9 Å². The first-order valence-corrected chi connectivity index (χ1v) is 8.86. The minimum absolute atomic E-state index is 0.229. The van der Waals surface area contributed by atoms with Crippen molar-refractivity contribution in [1.82, 2.24) is 0 Å². The molecule has 2 rings (SSSR count). The SMILES string of the molecule is CC(C)OC(=O)c1cc(Cc2ccc(N)c(C(=O)OC(C)C)c2)ccc1N. The molecule has 6 heteroatoms. The molecule has 0 saturated heterocycles. The number of ether oxygens (including phenoxy) is 2. The fourth-order valence-electron chi connectivity index (χ4n) is 2.57. The van der Waals surface area contributed by atoms with E-state index in [1.807, 2.05) is 12.1 Å². The Hall–Kier alpha value is -3.02. The summed E-state index contributed by atoms with van der Waals surface area (Å²) < 4.78 is 10.5. The van der Waals surface area contributed by atoms with E-state index in [4.69, 9.17) is 20.9 Å². The molecule has 0 aliphatic heterocycles. The van der Waals surface area contributed by atoms with Crippen LogP contribution in [0.2, 0.25) is 0 Å². The van der Waals surface area contributed by atoms with Gasteiger partial charge in [0.2, 0.25) is 0 Å². The van der Waals surface area contributed by atoms with Gasteiger partial charge in [-0.1, -0.05) is 12.1 Å². The van der Waals surface area contributed by atoms with Crippen molar-refractivity contribution < 1.29 is 19.1 Å². The molecule has 6 nitrogen and oxygen atoms in total. The maximum Gasteiger partial charge on any atom is 0.340 e. The first-order chi connectivity index (χ1) is 12.7. The zero-order valence-electron chi connectivity index (χ0n) is 16.1. The van der Waals surface area contributed by atoms with Crippen LogP contribution in [0, 0.1) is 0 Å². The highest BCUT2D eigenvalue weighted by Gasteiger charge is 2.16. The largest absolute Gasteiger partial charge is 0.459 e. The van der Waals surface area contributed by atoms with Gasteiger partial charge in [-0.3, -0.25) is 0 Å². The highest BCUT2D eigenvalue weighted by atomic mass is 16.5. The van der Waals surface area contributed by atoms with Crippen LogP contribution in [0.1, 0.15) is 59.5 Å². The van der Waals surface area contributed by atoms with Crippen LogP contribution >= 0.6 is 0 Å². The number of hydrogen-bond donors (Lipinski definition) is 2. The van der Waals surface area contributed by atoms with Crippen molar-refractivity contribution in [2.45, 2.75) is 46.3 Å². The average Bonchev–Trinajstić information content (AvgIpc) is 2.56. The maximum absolute atomic E-state index is 12.2. The fraction of sp³-hybridized carbons (Fsp3) is 0.333. The molecule has 0 atom stereocenters. The molecule has 0 aliphatic rings. The number of nitrogen functional groups attached to an aromatic ring is 2. The van der Waals surface area contributed by atoms with E-state index in [0.29, 0.717) is 28.9 Å². The second kappa shape index (κ2) is 8.58. The monoisotopic (exact) mass is 370 g/mol. The normalized spacial score (nSPS) is 10.9. The summed E-state index contributed by atoms with van der Waals surface area (Å²) in [7, 11) is 0. The van der Waals surface area contributed by atoms with Crippen LogP contribution < -0.4 is 11.5 Å². The number of nitrogens with two attached hydrogens (primary N) is 2. The lowest BCUT2D eigenvalue weighted by atomic mass is 9.99. The Kier molecular flexibility index (Phi) is 6.45. The van der Waals surface area contributed by atoms with E-state index in [1.54, 1.807) is 52.0 Å². The Morgan fingerprint density at radius 3 is 1.48 bits per heavy atom. The molecule has 0 saturated carbocycles. The summed E-state index contributed by atoms with van der Waals surface area (Å²) in [5.74, 6) is -0.911. The lowest BCUT2D eigenvalue weighted by Gasteiger charge is -2.13. The van der Waals surface area contributed by atoms with Gasteiger partial charge in [0.1, 0.15) is 0 Å². The first-order valence-electron chi connectivity index (χ1n) is 8.86. The average molecular weight is 370 g/mol. The van der Waals surface area contributed by atoms with Gasteiger partial charge in [-0.2, -0.15) is 0 Å². The van der Waals surface area contributed by atoms with Gasteiger partial charge in [-0.05, 0) is 69.5 Å². The summed E-state index contributed by atoms with van der Waals surface area (Å²) >= 11 is 0. The molecular weight excluding hydrogens is 344 g/mol. The van der Waals surface area contributed by atoms with Crippen molar-refractivity contribution in [3.8, 4) is 0 Å². The molecule has 0 bridgehead atoms. The van der Waals surface area contributed by atoms with E-state index in [0.717, 1.165) is 11.1 Å². The number of anilines is 2. The third-order valence-electron chi connectivity index (χ3n) is 3.77. The fourth-order valence-corrected chi connectivity index (χ4v) is 2.57. The van der Waals surface area contributed by atoms with E-state index < -0.39 is 11.9 Å². The van der Waals surface area contributed by atoms with E-state index in [9.17, 15) is 9.59 Å². The van der Waals surface area contributed by atoms with Crippen LogP contribution in [0.4, 0.5) is 11.4 Å². The lowest BCUT2D eigenvalue weighted by Crippen LogP contribution is -2.14. The number of hydrogen-bond acceptors (Lipinski definition) is 6. The van der Waals surface area contributed by atoms with Crippen LogP contribution in [0.15, 0.2) is 36.4 Å². The molecule has 0 fully saturated rings. The van der Waals surface area contributed by atoms with Crippen LogP contribution in [-0.2, 0) is 15.9 Å². The van der Waals surface area contributed by atoms with Gasteiger partial charge in [-0.25, -0.2) is 9.59 Å². The van der Waals surface area contributed by atoms with Gasteiger partial charge in [0.05, 0.1) is 23.3 Å². The third kappa shape index (κ3) is 5.48. The molecule has 0 amide bonds. The number of carbonyl (C=O) groups excluding carboxylic acids is 2. The Morgan fingerprint density at radius 2 is 1.15 bits per heavy atom. The summed E-state index contributed by atoms with van der Waals surface area (Å²) in [5.41, 5.74) is 14.9. The number of esters is 2. The van der Waals surface area contributed by atoms with Crippen LogP contribution in [-0.4, -0.2) is 24.1 Å². The smallest absolute Gasteiger partial charge is 0.340 e. The number of benzene rings is 2. The molecule has 0 heterocycles. The molecule has 0 radical (unpaired) electrons. The summed E-state index contributed by atoms with van der Waals surface area (Å²) in [5, 5.41) is 0. The highest BCUT2D eigenvalue weighted by molar-refractivity contribution is 5.96. The summed E-state index contributed by atoms with van der Waals surface area (Å²) in [6, 6.07) is 10.5. The molecular formula is C21H26N2O4. The van der Waals surface area contributed by atoms with Crippen LogP contribution in [0.5, 0.6) is 0 Å². The van der Waals surface area contributed by atoms with E-state index in [1.165, 1.54) is 0 Å². The summed E-state index contributed by atoms with van der Waals surface area (Å²) in [4.78, 5) is 24.4. The highest BCUT2D eigenvalue weighted by Crippen LogP contribution is 2.22. The molecule has 0 unspecified atom stereocenters. The molecule has 0 aromatic heterocycles.